The molecule has 0 bridgehead atoms. The summed E-state index contributed by atoms with van der Waals surface area (Å²) in [6.07, 6.45) is 0. The van der Waals surface area contributed by atoms with Crippen molar-refractivity contribution in [2.75, 3.05) is 14.2 Å². The van der Waals surface area contributed by atoms with Crippen molar-refractivity contribution in [3.8, 4) is 0 Å². The van der Waals surface area contributed by atoms with Gasteiger partial charge in [0, 0.05) is 0 Å². The van der Waals surface area contributed by atoms with Crippen molar-refractivity contribution in [3.63, 3.8) is 0 Å². The Labute approximate surface area is 162 Å². The normalized spacial score (nSPS) is 8.87. The Morgan fingerprint density at radius 3 is 1.39 bits per heavy atom. The topological polar surface area (TPSA) is 52.6 Å². The Hall–Kier alpha value is -1.14. The van der Waals surface area contributed by atoms with Gasteiger partial charge in [-0.05, 0) is 0 Å². The number of hydrogen-bond acceptors (Lipinski definition) is 4. The third kappa shape index (κ3) is 7.79. The van der Waals surface area contributed by atoms with E-state index in [2.05, 4.69) is 53.5 Å². The first-order valence-corrected chi connectivity index (χ1v) is 7.57. The maximum atomic E-state index is 10.9. The second-order valence-electron chi connectivity index (χ2n) is 3.82. The molecule has 0 N–H and O–H groups in total. The van der Waals surface area contributed by atoms with Crippen LogP contribution in [0.5, 0.6) is 0 Å². The Balaban J connectivity index is 0.000000403. The molecule has 4 nitrogen and oxygen atoms in total. The molecule has 2 aromatic carbocycles. The number of hydrogen-bond donors (Lipinski definition) is 0. The Morgan fingerprint density at radius 2 is 1.17 bits per heavy atom. The maximum absolute atomic E-state index is 10.9. The molecule has 0 spiro atoms. The average molecular weight is 483 g/mol. The molecule has 23 heavy (non-hydrogen) atoms. The van der Waals surface area contributed by atoms with Crippen LogP contribution >= 0.6 is 31.9 Å². The van der Waals surface area contributed by atoms with E-state index in [1.807, 2.05) is 0 Å². The van der Waals surface area contributed by atoms with Crippen molar-refractivity contribution in [3.05, 3.63) is 68.6 Å². The minimum Gasteiger partial charge on any atom is -0.509 e. The van der Waals surface area contributed by atoms with Crippen molar-refractivity contribution >= 4 is 43.8 Å². The van der Waals surface area contributed by atoms with E-state index in [4.69, 9.17) is 0 Å². The molecular formula is C16H12Br2MnO4. The van der Waals surface area contributed by atoms with Gasteiger partial charge in [-0.1, -0.05) is 20.1 Å². The predicted octanol–water partition coefficient (Wildman–Crippen LogP) is 4.07. The molecule has 121 valence electrons. The van der Waals surface area contributed by atoms with Crippen LogP contribution in [0.15, 0.2) is 45.3 Å². The van der Waals surface area contributed by atoms with Gasteiger partial charge in [0.1, 0.15) is 0 Å². The first kappa shape index (κ1) is 21.9. The van der Waals surface area contributed by atoms with Crippen LogP contribution in [0.2, 0.25) is 0 Å². The van der Waals surface area contributed by atoms with Gasteiger partial charge in [0.25, 0.3) is 0 Å². The molecule has 0 atom stereocenters. The summed E-state index contributed by atoms with van der Waals surface area (Å²) in [7, 11) is 2.69. The van der Waals surface area contributed by atoms with Gasteiger partial charge in [-0.15, -0.1) is 80.4 Å². The van der Waals surface area contributed by atoms with Crippen molar-refractivity contribution in [2.45, 2.75) is 0 Å². The summed E-state index contributed by atoms with van der Waals surface area (Å²) in [5, 5.41) is 0. The van der Waals surface area contributed by atoms with E-state index in [9.17, 15) is 9.59 Å². The summed E-state index contributed by atoms with van der Waals surface area (Å²) in [5.41, 5.74) is 0.881. The van der Waals surface area contributed by atoms with Crippen molar-refractivity contribution in [1.29, 1.82) is 0 Å². The van der Waals surface area contributed by atoms with Gasteiger partial charge in [-0.3, -0.25) is 0 Å². The molecule has 0 saturated carbocycles. The van der Waals surface area contributed by atoms with Crippen LogP contribution in [0, 0.1) is 12.1 Å². The standard InChI is InChI=1S/2C8H6BrO2.Mn/c2*1-11-8(10)6-2-4-7(9)5-3-6;/h2*2,4-5H,1H3;/q2*-1;+2. The third-order valence-electron chi connectivity index (χ3n) is 2.36. The van der Waals surface area contributed by atoms with Crippen LogP contribution in [0.25, 0.3) is 0 Å². The zero-order chi connectivity index (χ0) is 16.5. The summed E-state index contributed by atoms with van der Waals surface area (Å²) in [5.74, 6) is -0.727. The van der Waals surface area contributed by atoms with Gasteiger partial charge >= 0.3 is 17.1 Å². The molecule has 1 radical (unpaired) electrons. The number of benzene rings is 2. The number of rotatable bonds is 2. The first-order valence-electron chi connectivity index (χ1n) is 5.99. The number of halogens is 2. The molecule has 0 amide bonds. The van der Waals surface area contributed by atoms with E-state index in [1.165, 1.54) is 14.2 Å². The van der Waals surface area contributed by atoms with Crippen LogP contribution in [0.4, 0.5) is 0 Å². The fourth-order valence-corrected chi connectivity index (χ4v) is 1.78. The quantitative estimate of drug-likeness (QED) is 0.368. The largest absolute Gasteiger partial charge is 2.00 e. The van der Waals surface area contributed by atoms with Gasteiger partial charge < -0.3 is 19.1 Å². The summed E-state index contributed by atoms with van der Waals surface area (Å²) in [4.78, 5) is 21.7. The molecule has 0 aliphatic carbocycles. The van der Waals surface area contributed by atoms with Gasteiger partial charge in [-0.25, -0.2) is 0 Å². The molecule has 2 aromatic rings. The molecule has 0 aliphatic heterocycles. The van der Waals surface area contributed by atoms with Crippen LogP contribution in [-0.2, 0) is 26.5 Å². The number of methoxy groups -OCH3 is 2. The van der Waals surface area contributed by atoms with Gasteiger partial charge in [0.15, 0.2) is 0 Å². The number of carbonyl (C=O) groups excluding carboxylic acids is 2. The van der Waals surface area contributed by atoms with Gasteiger partial charge in [-0.2, -0.15) is 0 Å². The minimum absolute atomic E-state index is 0. The average Bonchev–Trinajstić information content (AvgIpc) is 2.55. The fraction of sp³-hybridized carbons (Fsp3) is 0.125. The van der Waals surface area contributed by atoms with E-state index in [-0.39, 0.29) is 29.0 Å². The zero-order valence-corrected chi connectivity index (χ0v) is 16.6. The van der Waals surface area contributed by atoms with E-state index in [0.717, 1.165) is 8.95 Å². The van der Waals surface area contributed by atoms with Crippen molar-refractivity contribution in [1.82, 2.24) is 0 Å². The van der Waals surface area contributed by atoms with E-state index >= 15 is 0 Å². The Bertz CT molecular complexity index is 570. The van der Waals surface area contributed by atoms with Gasteiger partial charge in [0.05, 0.1) is 14.2 Å². The maximum Gasteiger partial charge on any atom is 2.00 e. The molecule has 0 heterocycles. The molecular weight excluding hydrogens is 471 g/mol. The SMILES string of the molecule is COC(=O)c1[c-]cc(Br)cc1.COC(=O)c1[c-]cc(Br)cc1.[Mn+2]. The van der Waals surface area contributed by atoms with Crippen molar-refractivity contribution < 1.29 is 36.1 Å². The molecule has 0 fully saturated rings. The van der Waals surface area contributed by atoms with Crippen molar-refractivity contribution in [2.24, 2.45) is 0 Å². The van der Waals surface area contributed by atoms with E-state index < -0.39 is 0 Å². The summed E-state index contributed by atoms with van der Waals surface area (Å²) < 4.78 is 10.8. The Morgan fingerprint density at radius 1 is 0.826 bits per heavy atom. The monoisotopic (exact) mass is 481 g/mol. The number of esters is 2. The summed E-state index contributed by atoms with van der Waals surface area (Å²) >= 11 is 6.47. The predicted molar refractivity (Wildman–Crippen MR) is 88.6 cm³/mol. The van der Waals surface area contributed by atoms with Crippen LogP contribution in [0.3, 0.4) is 0 Å². The fourth-order valence-electron chi connectivity index (χ4n) is 1.29. The molecule has 0 unspecified atom stereocenters. The molecule has 0 saturated heterocycles. The van der Waals surface area contributed by atoms with Crippen LogP contribution in [-0.4, -0.2) is 26.2 Å². The molecule has 2 rings (SSSR count). The molecule has 0 aromatic heterocycles. The van der Waals surface area contributed by atoms with Crippen LogP contribution < -0.4 is 0 Å². The second-order valence-corrected chi connectivity index (χ2v) is 5.66. The first-order chi connectivity index (χ1) is 10.5. The van der Waals surface area contributed by atoms with Gasteiger partial charge in [0.2, 0.25) is 11.9 Å². The summed E-state index contributed by atoms with van der Waals surface area (Å²) in [6, 6.07) is 15.7. The molecule has 7 heteroatoms. The van der Waals surface area contributed by atoms with Crippen LogP contribution in [0.1, 0.15) is 20.7 Å². The zero-order valence-electron chi connectivity index (χ0n) is 12.2. The summed E-state index contributed by atoms with van der Waals surface area (Å²) in [6.45, 7) is 0. The smallest absolute Gasteiger partial charge is 0.509 e. The number of ether oxygens (including phenoxy) is 2. The number of carbonyl (C=O) groups is 2. The second kappa shape index (κ2) is 11.4. The third-order valence-corrected chi connectivity index (χ3v) is 3.35. The molecule has 0 aliphatic rings. The minimum atomic E-state index is -0.363. The van der Waals surface area contributed by atoms with E-state index in [1.54, 1.807) is 36.4 Å². The Kier molecular flexibility index (Phi) is 10.8. The van der Waals surface area contributed by atoms with E-state index in [0.29, 0.717) is 11.1 Å².